The lowest BCUT2D eigenvalue weighted by molar-refractivity contribution is -0.147. The molecule has 210 valence electrons. The van der Waals surface area contributed by atoms with E-state index in [-0.39, 0.29) is 22.9 Å². The van der Waals surface area contributed by atoms with Crippen molar-refractivity contribution in [2.75, 3.05) is 5.73 Å². The topological polar surface area (TPSA) is 114 Å². The van der Waals surface area contributed by atoms with Gasteiger partial charge >= 0.3 is 5.97 Å². The van der Waals surface area contributed by atoms with Crippen LogP contribution in [0, 0.1) is 11.7 Å². The fourth-order valence-electron chi connectivity index (χ4n) is 5.80. The van der Waals surface area contributed by atoms with Crippen LogP contribution in [0.5, 0.6) is 0 Å². The van der Waals surface area contributed by atoms with E-state index in [0.717, 1.165) is 36.8 Å². The number of rotatable bonds is 10. The Bertz CT molecular complexity index is 1590. The molecule has 1 heterocycles. The van der Waals surface area contributed by atoms with Gasteiger partial charge in [-0.25, -0.2) is 4.39 Å². The quantitative estimate of drug-likeness (QED) is 0.235. The Morgan fingerprint density at radius 3 is 2.20 bits per heavy atom. The van der Waals surface area contributed by atoms with Crippen molar-refractivity contribution < 1.29 is 19.1 Å². The summed E-state index contributed by atoms with van der Waals surface area (Å²) in [4.78, 5) is 38.6. The van der Waals surface area contributed by atoms with E-state index in [1.165, 1.54) is 41.0 Å². The minimum atomic E-state index is -1.10. The van der Waals surface area contributed by atoms with E-state index in [0.29, 0.717) is 18.7 Å². The average Bonchev–Trinajstić information content (AvgIpc) is 3.52. The number of pyridine rings is 1. The van der Waals surface area contributed by atoms with Crippen LogP contribution in [0.25, 0.3) is 5.69 Å². The Hall–Kier alpha value is -4.56. The highest BCUT2D eigenvalue weighted by Crippen LogP contribution is 2.37. The molecule has 1 aromatic heterocycles. The number of halogens is 1. The summed E-state index contributed by atoms with van der Waals surface area (Å²) in [7, 11) is 0. The summed E-state index contributed by atoms with van der Waals surface area (Å²) < 4.78 is 14.6. The van der Waals surface area contributed by atoms with Gasteiger partial charge in [-0.05, 0) is 72.4 Å². The van der Waals surface area contributed by atoms with E-state index in [4.69, 9.17) is 5.73 Å². The van der Waals surface area contributed by atoms with Gasteiger partial charge in [0.15, 0.2) is 5.78 Å². The van der Waals surface area contributed by atoms with Crippen molar-refractivity contribution in [3.05, 3.63) is 129 Å². The summed E-state index contributed by atoms with van der Waals surface area (Å²) in [5.74, 6) is -1.75. The highest BCUT2D eigenvalue weighted by molar-refractivity contribution is 6.11. The molecule has 0 aliphatic heterocycles. The van der Waals surface area contributed by atoms with E-state index >= 15 is 0 Å². The Balaban J connectivity index is 1.39. The smallest absolute Gasteiger partial charge is 0.324 e. The number of anilines is 1. The highest BCUT2D eigenvalue weighted by atomic mass is 19.1. The van der Waals surface area contributed by atoms with E-state index in [2.05, 4.69) is 5.32 Å². The monoisotopic (exact) mass is 553 g/mol. The third kappa shape index (κ3) is 5.83. The highest BCUT2D eigenvalue weighted by Gasteiger charge is 2.46. The molecule has 0 spiro atoms. The lowest BCUT2D eigenvalue weighted by Gasteiger charge is -2.36. The third-order valence-corrected chi connectivity index (χ3v) is 8.04. The Morgan fingerprint density at radius 2 is 1.56 bits per heavy atom. The van der Waals surface area contributed by atoms with Gasteiger partial charge in [0.1, 0.15) is 17.2 Å². The standard InChI is InChI=1S/C33H32FN3O4/c34-26-14-12-24(13-15-26)30(39)28-18-19-29(38)37(31(28)35)27-16-10-23(11-17-27)21-36-33(32(40)41,25-8-4-5-9-25)20-22-6-2-1-3-7-22/h1-3,6-7,10-19,25,36H,4-5,8-9,20-21,35H2,(H,40,41). The molecule has 0 bridgehead atoms. The van der Waals surface area contributed by atoms with Crippen LogP contribution in [0.3, 0.4) is 0 Å². The van der Waals surface area contributed by atoms with Crippen LogP contribution in [-0.4, -0.2) is 27.0 Å². The van der Waals surface area contributed by atoms with E-state index < -0.39 is 28.7 Å². The minimum Gasteiger partial charge on any atom is -0.480 e. The lowest BCUT2D eigenvalue weighted by Crippen LogP contribution is -2.58. The average molecular weight is 554 g/mol. The molecule has 4 aromatic rings. The number of benzene rings is 3. The lowest BCUT2D eigenvalue weighted by atomic mass is 9.77. The number of nitrogens with zero attached hydrogens (tertiary/aromatic N) is 1. The molecule has 1 unspecified atom stereocenters. The molecule has 0 amide bonds. The van der Waals surface area contributed by atoms with Crippen molar-refractivity contribution in [1.29, 1.82) is 0 Å². The molecule has 8 heteroatoms. The zero-order chi connectivity index (χ0) is 29.0. The summed E-state index contributed by atoms with van der Waals surface area (Å²) in [6, 6.07) is 24.5. The number of nitrogens with two attached hydrogens (primary N) is 1. The third-order valence-electron chi connectivity index (χ3n) is 8.04. The summed E-state index contributed by atoms with van der Waals surface area (Å²) in [5, 5.41) is 13.9. The first-order valence-corrected chi connectivity index (χ1v) is 13.7. The number of carboxylic acid groups (broad SMARTS) is 1. The van der Waals surface area contributed by atoms with Crippen molar-refractivity contribution in [3.8, 4) is 5.69 Å². The second-order valence-electron chi connectivity index (χ2n) is 10.6. The van der Waals surface area contributed by atoms with Gasteiger partial charge in [0.05, 0.1) is 11.3 Å². The van der Waals surface area contributed by atoms with Crippen molar-refractivity contribution >= 4 is 17.6 Å². The van der Waals surface area contributed by atoms with Gasteiger partial charge in [-0.2, -0.15) is 0 Å². The number of hydrogen-bond acceptors (Lipinski definition) is 5. The number of aliphatic carboxylic acids is 1. The molecular weight excluding hydrogens is 521 g/mol. The minimum absolute atomic E-state index is 0.0132. The number of aromatic nitrogens is 1. The Morgan fingerprint density at radius 1 is 0.902 bits per heavy atom. The molecule has 1 fully saturated rings. The fourth-order valence-corrected chi connectivity index (χ4v) is 5.80. The summed E-state index contributed by atoms with van der Waals surface area (Å²) >= 11 is 0. The fraction of sp³-hybridized carbons (Fsp3) is 0.242. The first-order chi connectivity index (χ1) is 19.8. The van der Waals surface area contributed by atoms with Crippen LogP contribution in [-0.2, 0) is 17.8 Å². The molecule has 0 radical (unpaired) electrons. The summed E-state index contributed by atoms with van der Waals surface area (Å²) in [6.45, 7) is 0.323. The Kier molecular flexibility index (Phi) is 8.12. The van der Waals surface area contributed by atoms with Gasteiger partial charge in [-0.3, -0.25) is 24.3 Å². The van der Waals surface area contributed by atoms with Crippen molar-refractivity contribution in [1.82, 2.24) is 9.88 Å². The predicted molar refractivity (Wildman–Crippen MR) is 156 cm³/mol. The number of hydrogen-bond donors (Lipinski definition) is 3. The second kappa shape index (κ2) is 11.9. The van der Waals surface area contributed by atoms with Crippen LogP contribution in [0.2, 0.25) is 0 Å². The van der Waals surface area contributed by atoms with Gasteiger partial charge in [-0.1, -0.05) is 55.3 Å². The van der Waals surface area contributed by atoms with Gasteiger partial charge in [-0.15, -0.1) is 0 Å². The number of ketones is 1. The molecule has 1 saturated carbocycles. The molecule has 1 aliphatic carbocycles. The number of carbonyl (C=O) groups is 2. The Labute approximate surface area is 237 Å². The molecule has 1 aliphatic rings. The zero-order valence-electron chi connectivity index (χ0n) is 22.6. The SMILES string of the molecule is Nc1c(C(=O)c2ccc(F)cc2)ccc(=O)n1-c1ccc(CNC(Cc2ccccc2)(C(=O)O)C2CCCC2)cc1. The predicted octanol–water partition coefficient (Wildman–Crippen LogP) is 5.14. The number of nitrogens with one attached hydrogen (secondary N) is 1. The molecule has 5 rings (SSSR count). The van der Waals surface area contributed by atoms with E-state index in [1.807, 2.05) is 42.5 Å². The number of carbonyl (C=O) groups excluding carboxylic acids is 1. The maximum atomic E-state index is 13.3. The first-order valence-electron chi connectivity index (χ1n) is 13.7. The van der Waals surface area contributed by atoms with Crippen LogP contribution in [0.4, 0.5) is 10.2 Å². The molecule has 3 aromatic carbocycles. The molecule has 41 heavy (non-hydrogen) atoms. The van der Waals surface area contributed by atoms with Gasteiger partial charge < -0.3 is 10.8 Å². The summed E-state index contributed by atoms with van der Waals surface area (Å²) in [5.41, 5.74) is 7.46. The van der Waals surface area contributed by atoms with Crippen LogP contribution in [0.15, 0.2) is 95.8 Å². The molecule has 0 saturated heterocycles. The second-order valence-corrected chi connectivity index (χ2v) is 10.6. The van der Waals surface area contributed by atoms with Crippen molar-refractivity contribution in [2.45, 2.75) is 44.2 Å². The van der Waals surface area contributed by atoms with E-state index in [1.54, 1.807) is 12.1 Å². The van der Waals surface area contributed by atoms with Crippen molar-refractivity contribution in [3.63, 3.8) is 0 Å². The van der Waals surface area contributed by atoms with Gasteiger partial charge in [0.2, 0.25) is 0 Å². The number of nitrogen functional groups attached to an aromatic ring is 1. The zero-order valence-corrected chi connectivity index (χ0v) is 22.6. The maximum absolute atomic E-state index is 13.3. The normalized spacial score (nSPS) is 15.0. The maximum Gasteiger partial charge on any atom is 0.324 e. The molecule has 1 atom stereocenters. The number of carboxylic acids is 1. The molecule has 7 nitrogen and oxygen atoms in total. The largest absolute Gasteiger partial charge is 0.480 e. The van der Waals surface area contributed by atoms with Gasteiger partial charge in [0.25, 0.3) is 5.56 Å². The first kappa shape index (κ1) is 28.0. The van der Waals surface area contributed by atoms with Crippen molar-refractivity contribution in [2.24, 2.45) is 5.92 Å². The van der Waals surface area contributed by atoms with Gasteiger partial charge in [0, 0.05) is 24.6 Å². The summed E-state index contributed by atoms with van der Waals surface area (Å²) in [6.07, 6.45) is 4.14. The van der Waals surface area contributed by atoms with Crippen LogP contribution >= 0.6 is 0 Å². The van der Waals surface area contributed by atoms with E-state index in [9.17, 15) is 23.9 Å². The molecular formula is C33H32FN3O4. The van der Waals surface area contributed by atoms with Crippen LogP contribution in [0.1, 0.15) is 52.7 Å². The van der Waals surface area contributed by atoms with Crippen LogP contribution < -0.4 is 16.6 Å². The molecule has 4 N–H and O–H groups in total.